The predicted octanol–water partition coefficient (Wildman–Crippen LogP) is 2.35. The molecule has 100 valence electrons. The Morgan fingerprint density at radius 3 is 2.89 bits per heavy atom. The van der Waals surface area contributed by atoms with E-state index in [2.05, 4.69) is 0 Å². The topological polar surface area (TPSA) is 53.3 Å². The number of amides is 1. The van der Waals surface area contributed by atoms with Gasteiger partial charge in [-0.15, -0.1) is 0 Å². The van der Waals surface area contributed by atoms with Gasteiger partial charge in [0.1, 0.15) is 0 Å². The van der Waals surface area contributed by atoms with E-state index in [4.69, 9.17) is 10.00 Å². The average molecular weight is 262 g/mol. The Bertz CT molecular complexity index is 521. The standard InChI is InChI=1S/C14H15FN2O2/c1-19-13-9-10(3-6-12(13)15)14(18)17(8-2-7-16)11-4-5-11/h3,6,9,11H,2,4-5,8H2,1H3. The van der Waals surface area contributed by atoms with Gasteiger partial charge in [-0.05, 0) is 31.0 Å². The lowest BCUT2D eigenvalue weighted by molar-refractivity contribution is 0.0746. The summed E-state index contributed by atoms with van der Waals surface area (Å²) in [7, 11) is 1.36. The number of methoxy groups -OCH3 is 1. The third-order valence-electron chi connectivity index (χ3n) is 3.11. The minimum atomic E-state index is -0.492. The van der Waals surface area contributed by atoms with E-state index in [0.717, 1.165) is 12.8 Å². The molecule has 0 heterocycles. The lowest BCUT2D eigenvalue weighted by Gasteiger charge is -2.21. The van der Waals surface area contributed by atoms with Gasteiger partial charge < -0.3 is 9.64 Å². The number of carbonyl (C=O) groups excluding carboxylic acids is 1. The summed E-state index contributed by atoms with van der Waals surface area (Å²) in [6.45, 7) is 0.416. The summed E-state index contributed by atoms with van der Waals surface area (Å²) in [6.07, 6.45) is 2.24. The zero-order chi connectivity index (χ0) is 13.8. The van der Waals surface area contributed by atoms with E-state index < -0.39 is 5.82 Å². The highest BCUT2D eigenvalue weighted by atomic mass is 19.1. The van der Waals surface area contributed by atoms with Gasteiger partial charge in [0.25, 0.3) is 5.91 Å². The van der Waals surface area contributed by atoms with Crippen LogP contribution in [0.2, 0.25) is 0 Å². The summed E-state index contributed by atoms with van der Waals surface area (Å²) >= 11 is 0. The summed E-state index contributed by atoms with van der Waals surface area (Å²) in [4.78, 5) is 14.0. The van der Waals surface area contributed by atoms with Crippen molar-refractivity contribution in [2.24, 2.45) is 0 Å². The lowest BCUT2D eigenvalue weighted by atomic mass is 10.1. The van der Waals surface area contributed by atoms with E-state index in [1.54, 1.807) is 4.90 Å². The van der Waals surface area contributed by atoms with Crippen molar-refractivity contribution in [1.29, 1.82) is 5.26 Å². The number of rotatable bonds is 5. The van der Waals surface area contributed by atoms with Crippen molar-refractivity contribution in [2.75, 3.05) is 13.7 Å². The van der Waals surface area contributed by atoms with E-state index in [0.29, 0.717) is 18.5 Å². The van der Waals surface area contributed by atoms with Crippen LogP contribution in [0.25, 0.3) is 0 Å². The van der Waals surface area contributed by atoms with E-state index in [1.807, 2.05) is 6.07 Å². The van der Waals surface area contributed by atoms with Crippen molar-refractivity contribution in [2.45, 2.75) is 25.3 Å². The summed E-state index contributed by atoms with van der Waals surface area (Å²) in [6, 6.07) is 6.33. The molecule has 19 heavy (non-hydrogen) atoms. The zero-order valence-electron chi connectivity index (χ0n) is 10.7. The molecule has 4 nitrogen and oxygen atoms in total. The smallest absolute Gasteiger partial charge is 0.254 e. The fraction of sp³-hybridized carbons (Fsp3) is 0.429. The van der Waals surface area contributed by atoms with Gasteiger partial charge in [0.2, 0.25) is 0 Å². The molecule has 0 spiro atoms. The Kier molecular flexibility index (Phi) is 4.00. The molecule has 0 bridgehead atoms. The van der Waals surface area contributed by atoms with Crippen LogP contribution in [0.3, 0.4) is 0 Å². The number of ether oxygens (including phenoxy) is 1. The maximum Gasteiger partial charge on any atom is 0.254 e. The third kappa shape index (κ3) is 3.02. The van der Waals surface area contributed by atoms with Gasteiger partial charge in [-0.3, -0.25) is 4.79 Å². The predicted molar refractivity (Wildman–Crippen MR) is 67.2 cm³/mol. The highest BCUT2D eigenvalue weighted by molar-refractivity contribution is 5.95. The number of hydrogen-bond acceptors (Lipinski definition) is 3. The van der Waals surface area contributed by atoms with Gasteiger partial charge in [0.15, 0.2) is 11.6 Å². The average Bonchev–Trinajstić information content (AvgIpc) is 3.24. The maximum absolute atomic E-state index is 13.3. The summed E-state index contributed by atoms with van der Waals surface area (Å²) in [5.41, 5.74) is 0.392. The van der Waals surface area contributed by atoms with Gasteiger partial charge in [0, 0.05) is 18.2 Å². The van der Waals surface area contributed by atoms with Gasteiger partial charge in [0.05, 0.1) is 19.6 Å². The monoisotopic (exact) mass is 262 g/mol. The molecule has 0 unspecified atom stereocenters. The maximum atomic E-state index is 13.3. The highest BCUT2D eigenvalue weighted by Gasteiger charge is 2.32. The van der Waals surface area contributed by atoms with Crippen LogP contribution in [0.1, 0.15) is 29.6 Å². The van der Waals surface area contributed by atoms with Crippen LogP contribution in [-0.4, -0.2) is 30.5 Å². The second-order valence-electron chi connectivity index (χ2n) is 4.49. The largest absolute Gasteiger partial charge is 0.494 e. The van der Waals surface area contributed by atoms with Crippen molar-refractivity contribution in [3.05, 3.63) is 29.6 Å². The summed E-state index contributed by atoms with van der Waals surface area (Å²) in [5.74, 6) is -0.605. The van der Waals surface area contributed by atoms with Gasteiger partial charge in [-0.1, -0.05) is 0 Å². The molecule has 0 saturated heterocycles. The molecule has 1 aliphatic carbocycles. The van der Waals surface area contributed by atoms with Gasteiger partial charge in [-0.2, -0.15) is 5.26 Å². The van der Waals surface area contributed by atoms with Crippen LogP contribution in [-0.2, 0) is 0 Å². The van der Waals surface area contributed by atoms with Crippen molar-refractivity contribution in [1.82, 2.24) is 4.90 Å². The number of nitrogens with zero attached hydrogens (tertiary/aromatic N) is 2. The first-order valence-corrected chi connectivity index (χ1v) is 6.19. The van der Waals surface area contributed by atoms with Crippen molar-refractivity contribution < 1.29 is 13.9 Å². The molecule has 0 radical (unpaired) electrons. The minimum Gasteiger partial charge on any atom is -0.494 e. The normalized spacial score (nSPS) is 13.7. The van der Waals surface area contributed by atoms with E-state index in [-0.39, 0.29) is 17.7 Å². The number of hydrogen-bond donors (Lipinski definition) is 0. The first-order valence-electron chi connectivity index (χ1n) is 6.19. The van der Waals surface area contributed by atoms with Gasteiger partial charge in [-0.25, -0.2) is 4.39 Å². The van der Waals surface area contributed by atoms with E-state index in [1.165, 1.54) is 25.3 Å². The number of halogens is 1. The molecule has 1 aromatic carbocycles. The Morgan fingerprint density at radius 1 is 1.58 bits per heavy atom. The molecule has 0 aliphatic heterocycles. The van der Waals surface area contributed by atoms with Crippen LogP contribution in [0.5, 0.6) is 5.75 Å². The molecule has 5 heteroatoms. The first-order chi connectivity index (χ1) is 9.17. The molecule has 2 rings (SSSR count). The first kappa shape index (κ1) is 13.3. The van der Waals surface area contributed by atoms with Crippen molar-refractivity contribution >= 4 is 5.91 Å². The second kappa shape index (κ2) is 5.70. The van der Waals surface area contributed by atoms with Crippen molar-refractivity contribution in [3.8, 4) is 11.8 Å². The molecule has 0 N–H and O–H groups in total. The lowest BCUT2D eigenvalue weighted by Crippen LogP contribution is -2.33. The van der Waals surface area contributed by atoms with E-state index in [9.17, 15) is 9.18 Å². The fourth-order valence-electron chi connectivity index (χ4n) is 1.97. The summed E-state index contributed by atoms with van der Waals surface area (Å²) < 4.78 is 18.2. The summed E-state index contributed by atoms with van der Waals surface area (Å²) in [5, 5.41) is 8.63. The Labute approximate surface area is 111 Å². The van der Waals surface area contributed by atoms with Crippen LogP contribution in [0.15, 0.2) is 18.2 Å². The van der Waals surface area contributed by atoms with Crippen molar-refractivity contribution in [3.63, 3.8) is 0 Å². The van der Waals surface area contributed by atoms with E-state index >= 15 is 0 Å². The molecular weight excluding hydrogens is 247 g/mol. The molecule has 1 amide bonds. The Hall–Kier alpha value is -2.09. The molecular formula is C14H15FN2O2. The number of carbonyl (C=O) groups is 1. The SMILES string of the molecule is COc1cc(C(=O)N(CCC#N)C2CC2)ccc1F. The van der Waals surface area contributed by atoms with Gasteiger partial charge >= 0.3 is 0 Å². The van der Waals surface area contributed by atoms with Crippen LogP contribution in [0.4, 0.5) is 4.39 Å². The molecule has 0 aromatic heterocycles. The number of benzene rings is 1. The fourth-order valence-corrected chi connectivity index (χ4v) is 1.97. The third-order valence-corrected chi connectivity index (χ3v) is 3.11. The minimum absolute atomic E-state index is 0.0573. The molecule has 0 atom stereocenters. The number of nitriles is 1. The molecule has 1 saturated carbocycles. The second-order valence-corrected chi connectivity index (χ2v) is 4.49. The molecule has 1 aromatic rings. The highest BCUT2D eigenvalue weighted by Crippen LogP contribution is 2.29. The zero-order valence-corrected chi connectivity index (χ0v) is 10.7. The van der Waals surface area contributed by atoms with Crippen LogP contribution < -0.4 is 4.74 Å². The Balaban J connectivity index is 2.19. The Morgan fingerprint density at radius 2 is 2.32 bits per heavy atom. The van der Waals surface area contributed by atoms with Crippen LogP contribution >= 0.6 is 0 Å². The van der Waals surface area contributed by atoms with Crippen LogP contribution in [0, 0.1) is 17.1 Å². The molecule has 1 aliphatic rings. The quantitative estimate of drug-likeness (QED) is 0.818. The molecule has 1 fully saturated rings.